The summed E-state index contributed by atoms with van der Waals surface area (Å²) in [6.45, 7) is 0. The molecule has 0 aromatic carbocycles. The second-order valence-corrected chi connectivity index (χ2v) is 1.66. The molecular weight excluding hydrogens is 132 g/mol. The molecule has 2 aromatic rings. The summed E-state index contributed by atoms with van der Waals surface area (Å²) in [5.74, 6) is 0.916. The number of oxazole rings is 1. The van der Waals surface area contributed by atoms with Gasteiger partial charge in [0.1, 0.15) is 12.5 Å². The van der Waals surface area contributed by atoms with Gasteiger partial charge in [-0.25, -0.2) is 4.98 Å². The largest absolute Gasteiger partial charge is 0.442 e. The third-order valence-corrected chi connectivity index (χ3v) is 1.04. The molecule has 1 radical (unpaired) electrons. The maximum atomic E-state index is 4.91. The Kier molecular flexibility index (Phi) is 1.04. The highest BCUT2D eigenvalue weighted by molar-refractivity contribution is 5.41. The first-order chi connectivity index (χ1) is 4.97. The first-order valence-electron chi connectivity index (χ1n) is 2.69. The van der Waals surface area contributed by atoms with Gasteiger partial charge in [-0.1, -0.05) is 5.16 Å². The van der Waals surface area contributed by atoms with Gasteiger partial charge in [-0.05, 0) is 0 Å². The molecule has 0 bridgehead atoms. The quantitative estimate of drug-likeness (QED) is 0.588. The van der Waals surface area contributed by atoms with Crippen molar-refractivity contribution in [2.24, 2.45) is 0 Å². The van der Waals surface area contributed by atoms with Crippen molar-refractivity contribution in [1.82, 2.24) is 10.1 Å². The van der Waals surface area contributed by atoms with E-state index in [1.54, 1.807) is 6.07 Å². The van der Waals surface area contributed by atoms with Gasteiger partial charge in [0.2, 0.25) is 5.76 Å². The summed E-state index contributed by atoms with van der Waals surface area (Å²) in [6, 6.07) is 1.56. The number of rotatable bonds is 1. The number of hydrogen-bond donors (Lipinski definition) is 0. The van der Waals surface area contributed by atoms with Gasteiger partial charge in [0.15, 0.2) is 0 Å². The molecule has 4 heteroatoms. The molecule has 0 fully saturated rings. The van der Waals surface area contributed by atoms with Gasteiger partial charge >= 0.3 is 0 Å². The molecule has 0 saturated carbocycles. The van der Waals surface area contributed by atoms with E-state index in [1.165, 1.54) is 12.5 Å². The minimum atomic E-state index is 0.425. The van der Waals surface area contributed by atoms with Crippen LogP contribution in [0.4, 0.5) is 0 Å². The summed E-state index contributed by atoms with van der Waals surface area (Å²) in [5, 5.41) is 3.38. The lowest BCUT2D eigenvalue weighted by atomic mass is 10.5. The van der Waals surface area contributed by atoms with Crippen LogP contribution in [0.2, 0.25) is 0 Å². The van der Waals surface area contributed by atoms with Crippen molar-refractivity contribution in [2.45, 2.75) is 0 Å². The molecule has 0 aliphatic carbocycles. The van der Waals surface area contributed by atoms with Crippen LogP contribution in [0.5, 0.6) is 0 Å². The smallest absolute Gasteiger partial charge is 0.265 e. The maximum absolute atomic E-state index is 4.91. The minimum absolute atomic E-state index is 0.425. The Balaban J connectivity index is 2.48. The van der Waals surface area contributed by atoms with Crippen LogP contribution in [0.1, 0.15) is 0 Å². The molecule has 2 aromatic heterocycles. The highest BCUT2D eigenvalue weighted by atomic mass is 16.5. The summed E-state index contributed by atoms with van der Waals surface area (Å²) >= 11 is 0. The Bertz CT molecular complexity index is 253. The van der Waals surface area contributed by atoms with Crippen molar-refractivity contribution in [3.05, 3.63) is 24.7 Å². The van der Waals surface area contributed by atoms with E-state index in [-0.39, 0.29) is 0 Å². The van der Waals surface area contributed by atoms with Crippen LogP contribution in [0.25, 0.3) is 11.7 Å². The summed E-state index contributed by atoms with van der Waals surface area (Å²) < 4.78 is 9.63. The molecule has 49 valence electrons. The zero-order valence-electron chi connectivity index (χ0n) is 4.94. The lowest BCUT2D eigenvalue weighted by Crippen LogP contribution is -1.68. The van der Waals surface area contributed by atoms with Gasteiger partial charge in [-0.3, -0.25) is 0 Å². The van der Waals surface area contributed by atoms with E-state index in [0.29, 0.717) is 11.7 Å². The average molecular weight is 135 g/mol. The number of nitrogens with zero attached hydrogens (tertiary/aromatic N) is 2. The van der Waals surface area contributed by atoms with E-state index >= 15 is 0 Å². The fourth-order valence-electron chi connectivity index (χ4n) is 0.633. The standard InChI is InChI=1S/C6H3N2O2/c1-2-8-10-5(1)6-7-3-4-9-6/h1,3-4H. The molecule has 0 saturated heterocycles. The summed E-state index contributed by atoms with van der Waals surface area (Å²) in [7, 11) is 0. The van der Waals surface area contributed by atoms with Gasteiger partial charge < -0.3 is 8.94 Å². The minimum Gasteiger partial charge on any atom is -0.442 e. The molecule has 0 unspecified atom stereocenters. The van der Waals surface area contributed by atoms with Gasteiger partial charge in [-0.2, -0.15) is 0 Å². The molecule has 0 atom stereocenters. The molecule has 0 N–H and O–H groups in total. The fourth-order valence-corrected chi connectivity index (χ4v) is 0.633. The Morgan fingerprint density at radius 3 is 3.10 bits per heavy atom. The molecule has 2 rings (SSSR count). The first-order valence-corrected chi connectivity index (χ1v) is 2.69. The van der Waals surface area contributed by atoms with Crippen molar-refractivity contribution >= 4 is 0 Å². The fraction of sp³-hybridized carbons (Fsp3) is 0. The van der Waals surface area contributed by atoms with Gasteiger partial charge in [0.25, 0.3) is 5.89 Å². The molecule has 0 aliphatic rings. The van der Waals surface area contributed by atoms with E-state index in [9.17, 15) is 0 Å². The maximum Gasteiger partial charge on any atom is 0.265 e. The summed E-state index contributed by atoms with van der Waals surface area (Å²) in [6.07, 6.45) is 5.51. The van der Waals surface area contributed by atoms with E-state index in [2.05, 4.69) is 16.3 Å². The lowest BCUT2D eigenvalue weighted by Gasteiger charge is -1.80. The average Bonchev–Trinajstić information content (AvgIpc) is 2.59. The highest BCUT2D eigenvalue weighted by Crippen LogP contribution is 2.13. The zero-order valence-corrected chi connectivity index (χ0v) is 4.94. The highest BCUT2D eigenvalue weighted by Gasteiger charge is 2.04. The summed E-state index contributed by atoms with van der Waals surface area (Å²) in [5.41, 5.74) is 0. The Morgan fingerprint density at radius 1 is 1.50 bits per heavy atom. The number of hydrogen-bond acceptors (Lipinski definition) is 4. The van der Waals surface area contributed by atoms with Crippen molar-refractivity contribution in [3.8, 4) is 11.7 Å². The molecule has 0 spiro atoms. The SMILES string of the molecule is [c]1cc(-c2ncco2)on1. The monoisotopic (exact) mass is 135 g/mol. The zero-order chi connectivity index (χ0) is 6.81. The molecule has 0 amide bonds. The Labute approximate surface area is 56.5 Å². The van der Waals surface area contributed by atoms with E-state index in [0.717, 1.165) is 0 Å². The molecular formula is C6H3N2O2. The van der Waals surface area contributed by atoms with E-state index < -0.39 is 0 Å². The van der Waals surface area contributed by atoms with Crippen molar-refractivity contribution in [3.63, 3.8) is 0 Å². The Morgan fingerprint density at radius 2 is 2.50 bits per heavy atom. The van der Waals surface area contributed by atoms with E-state index in [4.69, 9.17) is 8.94 Å². The third kappa shape index (κ3) is 0.699. The van der Waals surface area contributed by atoms with Crippen LogP contribution in [-0.4, -0.2) is 10.1 Å². The van der Waals surface area contributed by atoms with Gasteiger partial charge in [-0.15, -0.1) is 0 Å². The van der Waals surface area contributed by atoms with Crippen LogP contribution in [0.3, 0.4) is 0 Å². The first kappa shape index (κ1) is 5.22. The van der Waals surface area contributed by atoms with Crippen LogP contribution in [0.15, 0.2) is 27.5 Å². The molecule has 4 nitrogen and oxygen atoms in total. The molecule has 10 heavy (non-hydrogen) atoms. The van der Waals surface area contributed by atoms with Crippen LogP contribution < -0.4 is 0 Å². The molecule has 0 aliphatic heterocycles. The Hall–Kier alpha value is -1.58. The topological polar surface area (TPSA) is 52.1 Å². The second kappa shape index (κ2) is 1.98. The second-order valence-electron chi connectivity index (χ2n) is 1.66. The van der Waals surface area contributed by atoms with Crippen LogP contribution in [0, 0.1) is 6.20 Å². The van der Waals surface area contributed by atoms with Crippen molar-refractivity contribution in [2.75, 3.05) is 0 Å². The predicted molar refractivity (Wildman–Crippen MR) is 30.8 cm³/mol. The van der Waals surface area contributed by atoms with Gasteiger partial charge in [0.05, 0.1) is 6.20 Å². The van der Waals surface area contributed by atoms with Gasteiger partial charge in [0, 0.05) is 6.07 Å². The lowest BCUT2D eigenvalue weighted by molar-refractivity contribution is 0.414. The van der Waals surface area contributed by atoms with E-state index in [1.807, 2.05) is 0 Å². The normalized spacial score (nSPS) is 10.0. The predicted octanol–water partition coefficient (Wildman–Crippen LogP) is 1.13. The number of aromatic nitrogens is 2. The van der Waals surface area contributed by atoms with Crippen LogP contribution in [-0.2, 0) is 0 Å². The molecule has 2 heterocycles. The third-order valence-electron chi connectivity index (χ3n) is 1.04. The van der Waals surface area contributed by atoms with Crippen LogP contribution >= 0.6 is 0 Å². The van der Waals surface area contributed by atoms with Crippen molar-refractivity contribution < 1.29 is 8.94 Å². The summed E-state index contributed by atoms with van der Waals surface area (Å²) in [4.78, 5) is 3.84. The van der Waals surface area contributed by atoms with Crippen molar-refractivity contribution in [1.29, 1.82) is 0 Å².